The highest BCUT2D eigenvalue weighted by Crippen LogP contribution is 2.40. The van der Waals surface area contributed by atoms with Crippen molar-refractivity contribution >= 4 is 23.7 Å². The van der Waals surface area contributed by atoms with Crippen LogP contribution in [0.4, 0.5) is 16.6 Å². The molecular formula is C24H30N6O2. The summed E-state index contributed by atoms with van der Waals surface area (Å²) in [6, 6.07) is 3.65. The van der Waals surface area contributed by atoms with Crippen molar-refractivity contribution in [3.05, 3.63) is 41.9 Å². The van der Waals surface area contributed by atoms with E-state index in [1.54, 1.807) is 16.0 Å². The van der Waals surface area contributed by atoms with Crippen molar-refractivity contribution in [3.8, 4) is 0 Å². The lowest BCUT2D eigenvalue weighted by atomic mass is 9.99. The van der Waals surface area contributed by atoms with Crippen LogP contribution in [0, 0.1) is 5.92 Å². The second-order valence-electron chi connectivity index (χ2n) is 9.36. The van der Waals surface area contributed by atoms with E-state index >= 15 is 0 Å². The van der Waals surface area contributed by atoms with E-state index in [4.69, 9.17) is 0 Å². The first-order chi connectivity index (χ1) is 15.5. The molecule has 0 aromatic carbocycles. The first-order valence-corrected chi connectivity index (χ1v) is 11.7. The fourth-order valence-electron chi connectivity index (χ4n) is 4.39. The molecule has 1 N–H and O–H groups in total. The Labute approximate surface area is 188 Å². The first-order valence-electron chi connectivity index (χ1n) is 11.7. The Hall–Kier alpha value is -3.03. The zero-order valence-electron chi connectivity index (χ0n) is 18.7. The van der Waals surface area contributed by atoms with Gasteiger partial charge in [0, 0.05) is 18.6 Å². The zero-order chi connectivity index (χ0) is 22.2. The molecule has 5 rings (SSSR count). The third-order valence-electron chi connectivity index (χ3n) is 6.91. The summed E-state index contributed by atoms with van der Waals surface area (Å²) in [7, 11) is 0. The second-order valence-corrected chi connectivity index (χ2v) is 9.36. The first kappa shape index (κ1) is 20.8. The molecule has 2 aromatic rings. The monoisotopic (exact) mass is 434 g/mol. The smallest absolute Gasteiger partial charge is 0.310 e. The Kier molecular flexibility index (Phi) is 5.53. The van der Waals surface area contributed by atoms with Gasteiger partial charge in [-0.3, -0.25) is 9.69 Å². The van der Waals surface area contributed by atoms with Crippen molar-refractivity contribution in [3.63, 3.8) is 0 Å². The van der Waals surface area contributed by atoms with Crippen molar-refractivity contribution in [2.45, 2.75) is 63.8 Å². The molecule has 3 heterocycles. The summed E-state index contributed by atoms with van der Waals surface area (Å²) < 4.78 is 0. The third kappa shape index (κ3) is 4.31. The van der Waals surface area contributed by atoms with Crippen molar-refractivity contribution in [1.82, 2.24) is 19.9 Å². The Morgan fingerprint density at radius 3 is 2.47 bits per heavy atom. The SMILES string of the molecule is CC[C@H](C)[C@H]1CN(c2ncc(C3CC3)cn2)C(=O)N1CC(=O)Nc1cc(C2CC2)ccn1. The molecule has 3 fully saturated rings. The summed E-state index contributed by atoms with van der Waals surface area (Å²) in [4.78, 5) is 42.6. The summed E-state index contributed by atoms with van der Waals surface area (Å²) in [5.74, 6) is 2.12. The molecule has 8 nitrogen and oxygen atoms in total. The zero-order valence-corrected chi connectivity index (χ0v) is 18.7. The van der Waals surface area contributed by atoms with Gasteiger partial charge in [0.2, 0.25) is 11.9 Å². The highest BCUT2D eigenvalue weighted by molar-refractivity contribution is 5.98. The maximum atomic E-state index is 13.3. The van der Waals surface area contributed by atoms with Gasteiger partial charge in [0.05, 0.1) is 12.6 Å². The minimum absolute atomic E-state index is 0.0141. The molecular weight excluding hydrogens is 404 g/mol. The highest BCUT2D eigenvalue weighted by atomic mass is 16.2. The van der Waals surface area contributed by atoms with Crippen molar-refractivity contribution in [2.24, 2.45) is 5.92 Å². The summed E-state index contributed by atoms with van der Waals surface area (Å²) in [5.41, 5.74) is 2.35. The maximum absolute atomic E-state index is 13.3. The maximum Gasteiger partial charge on any atom is 0.327 e. The molecule has 32 heavy (non-hydrogen) atoms. The van der Waals surface area contributed by atoms with E-state index < -0.39 is 0 Å². The van der Waals surface area contributed by atoms with E-state index in [2.05, 4.69) is 34.1 Å². The van der Waals surface area contributed by atoms with Crippen LogP contribution in [0.15, 0.2) is 30.7 Å². The molecule has 1 saturated heterocycles. The number of aromatic nitrogens is 3. The molecule has 2 atom stereocenters. The Balaban J connectivity index is 1.29. The Bertz CT molecular complexity index is 1000. The van der Waals surface area contributed by atoms with Gasteiger partial charge < -0.3 is 10.2 Å². The molecule has 0 radical (unpaired) electrons. The lowest BCUT2D eigenvalue weighted by Gasteiger charge is -2.26. The number of amides is 3. The van der Waals surface area contributed by atoms with Gasteiger partial charge in [0.1, 0.15) is 12.4 Å². The van der Waals surface area contributed by atoms with E-state index in [0.717, 1.165) is 12.0 Å². The topological polar surface area (TPSA) is 91.3 Å². The molecule has 3 aliphatic rings. The largest absolute Gasteiger partial charge is 0.327 e. The summed E-state index contributed by atoms with van der Waals surface area (Å²) in [6.45, 7) is 4.69. The Morgan fingerprint density at radius 2 is 1.81 bits per heavy atom. The molecule has 2 aliphatic carbocycles. The molecule has 0 spiro atoms. The molecule has 8 heteroatoms. The second kappa shape index (κ2) is 8.48. The van der Waals surface area contributed by atoms with Crippen LogP contribution < -0.4 is 10.2 Å². The number of hydrogen-bond acceptors (Lipinski definition) is 5. The number of nitrogens with one attached hydrogen (secondary N) is 1. The van der Waals surface area contributed by atoms with Crippen LogP contribution in [0.25, 0.3) is 0 Å². The molecule has 2 saturated carbocycles. The summed E-state index contributed by atoms with van der Waals surface area (Å²) in [6.07, 6.45) is 11.1. The minimum Gasteiger partial charge on any atom is -0.310 e. The van der Waals surface area contributed by atoms with E-state index in [-0.39, 0.29) is 30.4 Å². The van der Waals surface area contributed by atoms with Gasteiger partial charge in [0.15, 0.2) is 0 Å². The van der Waals surface area contributed by atoms with Gasteiger partial charge in [-0.25, -0.2) is 19.7 Å². The predicted molar refractivity (Wildman–Crippen MR) is 122 cm³/mol. The van der Waals surface area contributed by atoms with E-state index in [1.807, 2.05) is 24.5 Å². The molecule has 1 aliphatic heterocycles. The molecule has 3 amide bonds. The van der Waals surface area contributed by atoms with Gasteiger partial charge >= 0.3 is 6.03 Å². The lowest BCUT2D eigenvalue weighted by molar-refractivity contribution is -0.117. The summed E-state index contributed by atoms with van der Waals surface area (Å²) in [5, 5.41) is 2.88. The van der Waals surface area contributed by atoms with Gasteiger partial charge in [0.25, 0.3) is 0 Å². The van der Waals surface area contributed by atoms with Gasteiger partial charge in [-0.15, -0.1) is 0 Å². The van der Waals surface area contributed by atoms with Gasteiger partial charge in [-0.05, 0) is 66.7 Å². The standard InChI is InChI=1S/C24H30N6O2/c1-3-15(2)20-13-30(23-26-11-19(12-27-23)17-6-7-17)24(32)29(20)14-22(31)28-21-10-18(8-9-25-21)16-4-5-16/h8-12,15-17,20H,3-7,13-14H2,1-2H3,(H,25,28,31)/t15-,20+/m0/s1. The molecule has 0 unspecified atom stereocenters. The van der Waals surface area contributed by atoms with Crippen molar-refractivity contribution in [1.29, 1.82) is 0 Å². The molecule has 2 aromatic heterocycles. The fourth-order valence-corrected chi connectivity index (χ4v) is 4.39. The lowest BCUT2D eigenvalue weighted by Crippen LogP contribution is -2.43. The van der Waals surface area contributed by atoms with Crippen LogP contribution in [0.1, 0.15) is 68.9 Å². The normalized spacial score (nSPS) is 21.7. The number of rotatable bonds is 8. The Morgan fingerprint density at radius 1 is 1.12 bits per heavy atom. The van der Waals surface area contributed by atoms with Crippen molar-refractivity contribution in [2.75, 3.05) is 23.3 Å². The number of pyridine rings is 1. The highest BCUT2D eigenvalue weighted by Gasteiger charge is 2.42. The van der Waals surface area contributed by atoms with Gasteiger partial charge in [-0.2, -0.15) is 0 Å². The number of nitrogens with zero attached hydrogens (tertiary/aromatic N) is 5. The van der Waals surface area contributed by atoms with Crippen LogP contribution in [-0.2, 0) is 4.79 Å². The number of urea groups is 1. The number of hydrogen-bond donors (Lipinski definition) is 1. The van der Waals surface area contributed by atoms with E-state index in [9.17, 15) is 9.59 Å². The van der Waals surface area contributed by atoms with Crippen LogP contribution in [0.5, 0.6) is 0 Å². The molecule has 0 bridgehead atoms. The average Bonchev–Trinajstić information content (AvgIpc) is 3.72. The fraction of sp³-hybridized carbons (Fsp3) is 0.542. The van der Waals surface area contributed by atoms with Crippen molar-refractivity contribution < 1.29 is 9.59 Å². The van der Waals surface area contributed by atoms with E-state index in [0.29, 0.717) is 30.1 Å². The number of anilines is 2. The van der Waals surface area contributed by atoms with Crippen LogP contribution >= 0.6 is 0 Å². The quantitative estimate of drug-likeness (QED) is 0.680. The number of carbonyl (C=O) groups is 2. The summed E-state index contributed by atoms with van der Waals surface area (Å²) >= 11 is 0. The predicted octanol–water partition coefficient (Wildman–Crippen LogP) is 3.92. The number of carbonyl (C=O) groups excluding carboxylic acids is 2. The van der Waals surface area contributed by atoms with Crippen LogP contribution in [0.2, 0.25) is 0 Å². The van der Waals surface area contributed by atoms with Gasteiger partial charge in [-0.1, -0.05) is 20.3 Å². The van der Waals surface area contributed by atoms with Crippen LogP contribution in [-0.4, -0.2) is 50.9 Å². The molecule has 168 valence electrons. The minimum atomic E-state index is -0.237. The van der Waals surface area contributed by atoms with Crippen LogP contribution in [0.3, 0.4) is 0 Å². The van der Waals surface area contributed by atoms with E-state index in [1.165, 1.54) is 31.2 Å². The average molecular weight is 435 g/mol. The third-order valence-corrected chi connectivity index (χ3v) is 6.91.